The topological polar surface area (TPSA) is 39.2 Å². The number of carbonyl (C=O) groups is 1. The van der Waals surface area contributed by atoms with Gasteiger partial charge in [0.25, 0.3) is 0 Å². The van der Waals surface area contributed by atoms with Crippen LogP contribution >= 0.6 is 0 Å². The summed E-state index contributed by atoms with van der Waals surface area (Å²) in [5.74, 6) is -0.303. The summed E-state index contributed by atoms with van der Waals surface area (Å²) in [6.45, 7) is 3.51. The molecule has 4 rings (SSSR count). The van der Waals surface area contributed by atoms with E-state index in [-0.39, 0.29) is 5.97 Å². The molecule has 3 heteroatoms. The van der Waals surface area contributed by atoms with Gasteiger partial charge in [0.05, 0.1) is 11.4 Å². The lowest BCUT2D eigenvalue weighted by atomic mass is 9.95. The fraction of sp³-hybridized carbons (Fsp3) is 0.130. The van der Waals surface area contributed by atoms with E-state index in [9.17, 15) is 4.79 Å². The van der Waals surface area contributed by atoms with Crippen molar-refractivity contribution in [3.63, 3.8) is 0 Å². The van der Waals surface area contributed by atoms with Crippen LogP contribution in [0.25, 0.3) is 23.4 Å². The Morgan fingerprint density at radius 3 is 2.50 bits per heavy atom. The van der Waals surface area contributed by atoms with Gasteiger partial charge in [0.2, 0.25) is 0 Å². The van der Waals surface area contributed by atoms with Gasteiger partial charge in [-0.1, -0.05) is 60.7 Å². The van der Waals surface area contributed by atoms with E-state index in [2.05, 4.69) is 19.1 Å². The minimum absolute atomic E-state index is 0.303. The maximum atomic E-state index is 11.8. The number of fused-ring (bicyclic) bond motifs is 2. The number of carbonyl (C=O) groups excluding carboxylic acids is 1. The van der Waals surface area contributed by atoms with Gasteiger partial charge in [-0.25, -0.2) is 4.98 Å². The first-order chi connectivity index (χ1) is 12.6. The van der Waals surface area contributed by atoms with Crippen molar-refractivity contribution in [3.8, 4) is 11.3 Å². The first-order valence-corrected chi connectivity index (χ1v) is 8.64. The third-order valence-corrected chi connectivity index (χ3v) is 4.64. The quantitative estimate of drug-likeness (QED) is 0.602. The Bertz CT molecular complexity index is 1010. The van der Waals surface area contributed by atoms with Crippen LogP contribution in [0, 0.1) is 6.92 Å². The van der Waals surface area contributed by atoms with Gasteiger partial charge in [-0.3, -0.25) is 4.79 Å². The van der Waals surface area contributed by atoms with E-state index in [4.69, 9.17) is 9.72 Å². The van der Waals surface area contributed by atoms with Gasteiger partial charge in [-0.15, -0.1) is 0 Å². The molecule has 3 aromatic rings. The van der Waals surface area contributed by atoms with Crippen LogP contribution < -0.4 is 0 Å². The molecule has 0 spiro atoms. The predicted molar refractivity (Wildman–Crippen MR) is 103 cm³/mol. The maximum Gasteiger partial charge on any atom is 0.303 e. The van der Waals surface area contributed by atoms with Crippen LogP contribution in [0.4, 0.5) is 0 Å². The molecule has 0 amide bonds. The van der Waals surface area contributed by atoms with Crippen LogP contribution in [0.15, 0.2) is 60.7 Å². The molecule has 128 valence electrons. The Balaban J connectivity index is 1.89. The predicted octanol–water partition coefficient (Wildman–Crippen LogP) is 5.19. The second kappa shape index (κ2) is 6.60. The van der Waals surface area contributed by atoms with Crippen molar-refractivity contribution in [2.75, 3.05) is 0 Å². The molecule has 1 aliphatic carbocycles. The fourth-order valence-electron chi connectivity index (χ4n) is 3.39. The lowest BCUT2D eigenvalue weighted by molar-refractivity contribution is -0.144. The standard InChI is InChI=1S/C23H19NO2/c1-15-7-6-10-19-18(15)11-14-22-20(23(19)26-16(2)25)12-13-21(24-22)17-8-4-3-5-9-17/h3-14,23H,1-2H3. The van der Waals surface area contributed by atoms with Crippen molar-refractivity contribution in [2.45, 2.75) is 20.0 Å². The van der Waals surface area contributed by atoms with Gasteiger partial charge in [-0.05, 0) is 30.2 Å². The van der Waals surface area contributed by atoms with Crippen molar-refractivity contribution in [2.24, 2.45) is 0 Å². The first kappa shape index (κ1) is 16.3. The van der Waals surface area contributed by atoms with E-state index in [1.54, 1.807) is 0 Å². The molecule has 1 heterocycles. The molecule has 0 fully saturated rings. The molecule has 0 saturated carbocycles. The Kier molecular flexibility index (Phi) is 4.13. The number of pyridine rings is 1. The van der Waals surface area contributed by atoms with Gasteiger partial charge < -0.3 is 4.74 Å². The summed E-state index contributed by atoms with van der Waals surface area (Å²) in [5, 5.41) is 0. The number of hydrogen-bond acceptors (Lipinski definition) is 3. The molecule has 3 nitrogen and oxygen atoms in total. The maximum absolute atomic E-state index is 11.8. The third kappa shape index (κ3) is 2.92. The van der Waals surface area contributed by atoms with Crippen molar-refractivity contribution < 1.29 is 9.53 Å². The van der Waals surface area contributed by atoms with Crippen molar-refractivity contribution in [1.29, 1.82) is 0 Å². The number of esters is 1. The zero-order valence-electron chi connectivity index (χ0n) is 14.8. The van der Waals surface area contributed by atoms with E-state index in [1.165, 1.54) is 6.92 Å². The average Bonchev–Trinajstić information content (AvgIpc) is 2.80. The van der Waals surface area contributed by atoms with Crippen molar-refractivity contribution >= 4 is 18.1 Å². The lowest BCUT2D eigenvalue weighted by Crippen LogP contribution is -2.12. The molecule has 1 atom stereocenters. The van der Waals surface area contributed by atoms with Crippen molar-refractivity contribution in [3.05, 3.63) is 88.6 Å². The number of ether oxygens (including phenoxy) is 1. The van der Waals surface area contributed by atoms with Crippen LogP contribution in [0.1, 0.15) is 41.0 Å². The second-order valence-corrected chi connectivity index (χ2v) is 6.44. The number of nitrogens with zero attached hydrogens (tertiary/aromatic N) is 1. The molecule has 1 aliphatic rings. The summed E-state index contributed by atoms with van der Waals surface area (Å²) in [6.07, 6.45) is 3.62. The summed E-state index contributed by atoms with van der Waals surface area (Å²) >= 11 is 0. The van der Waals surface area contributed by atoms with Crippen LogP contribution in [-0.2, 0) is 9.53 Å². The summed E-state index contributed by atoms with van der Waals surface area (Å²) in [7, 11) is 0. The van der Waals surface area contributed by atoms with Gasteiger partial charge in [0.15, 0.2) is 6.10 Å². The number of hydrogen-bond donors (Lipinski definition) is 0. The lowest BCUT2D eigenvalue weighted by Gasteiger charge is -2.21. The van der Waals surface area contributed by atoms with Crippen LogP contribution in [-0.4, -0.2) is 11.0 Å². The van der Waals surface area contributed by atoms with Gasteiger partial charge in [0, 0.05) is 23.6 Å². The summed E-state index contributed by atoms with van der Waals surface area (Å²) in [4.78, 5) is 16.6. The van der Waals surface area contributed by atoms with Crippen LogP contribution in [0.3, 0.4) is 0 Å². The van der Waals surface area contributed by atoms with Crippen molar-refractivity contribution in [1.82, 2.24) is 4.98 Å². The summed E-state index contributed by atoms with van der Waals surface area (Å²) < 4.78 is 5.71. The molecular weight excluding hydrogens is 322 g/mol. The SMILES string of the molecule is CC(=O)OC1c2ccc(-c3ccccc3)nc2C=Cc2c(C)cccc21. The molecule has 26 heavy (non-hydrogen) atoms. The van der Waals surface area contributed by atoms with E-state index in [0.29, 0.717) is 0 Å². The molecule has 1 unspecified atom stereocenters. The molecule has 0 radical (unpaired) electrons. The monoisotopic (exact) mass is 341 g/mol. The fourth-order valence-corrected chi connectivity index (χ4v) is 3.39. The van der Waals surface area contributed by atoms with E-state index < -0.39 is 6.10 Å². The van der Waals surface area contributed by atoms with E-state index >= 15 is 0 Å². The normalized spacial score (nSPS) is 14.9. The minimum Gasteiger partial charge on any atom is -0.453 e. The molecule has 2 aromatic carbocycles. The number of benzene rings is 2. The molecular formula is C23H19NO2. The van der Waals surface area contributed by atoms with Gasteiger partial charge in [0.1, 0.15) is 0 Å². The number of rotatable bonds is 2. The Labute approximate surface area is 153 Å². The largest absolute Gasteiger partial charge is 0.453 e. The smallest absolute Gasteiger partial charge is 0.303 e. The Hall–Kier alpha value is -3.20. The summed E-state index contributed by atoms with van der Waals surface area (Å²) in [5.41, 5.74) is 6.91. The van der Waals surface area contributed by atoms with Crippen LogP contribution in [0.2, 0.25) is 0 Å². The van der Waals surface area contributed by atoms with Gasteiger partial charge in [-0.2, -0.15) is 0 Å². The zero-order valence-corrected chi connectivity index (χ0v) is 14.8. The highest BCUT2D eigenvalue weighted by Crippen LogP contribution is 2.37. The molecule has 1 aromatic heterocycles. The van der Waals surface area contributed by atoms with Crippen LogP contribution in [0.5, 0.6) is 0 Å². The first-order valence-electron chi connectivity index (χ1n) is 8.64. The Morgan fingerprint density at radius 1 is 0.923 bits per heavy atom. The second-order valence-electron chi connectivity index (χ2n) is 6.44. The highest BCUT2D eigenvalue weighted by atomic mass is 16.5. The highest BCUT2D eigenvalue weighted by Gasteiger charge is 2.25. The summed E-state index contributed by atoms with van der Waals surface area (Å²) in [6, 6.07) is 20.1. The average molecular weight is 341 g/mol. The van der Waals surface area contributed by atoms with Gasteiger partial charge >= 0.3 is 5.97 Å². The third-order valence-electron chi connectivity index (χ3n) is 4.64. The molecule has 0 saturated heterocycles. The Morgan fingerprint density at radius 2 is 1.73 bits per heavy atom. The van der Waals surface area contributed by atoms with E-state index in [0.717, 1.165) is 39.2 Å². The molecule has 0 bridgehead atoms. The highest BCUT2D eigenvalue weighted by molar-refractivity contribution is 5.78. The zero-order chi connectivity index (χ0) is 18.1. The molecule has 0 aliphatic heterocycles. The van der Waals surface area contributed by atoms with E-state index in [1.807, 2.05) is 60.7 Å². The number of aryl methyl sites for hydroxylation is 1. The number of aromatic nitrogens is 1. The minimum atomic E-state index is -0.454. The molecule has 0 N–H and O–H groups in total.